The molecule has 5 nitrogen and oxygen atoms in total. The van der Waals surface area contributed by atoms with Gasteiger partial charge in [0.1, 0.15) is 0 Å². The molecular formula is C13H17N3O2S. The molecule has 0 saturated heterocycles. The summed E-state index contributed by atoms with van der Waals surface area (Å²) in [6.07, 6.45) is 2.88. The highest BCUT2D eigenvalue weighted by Crippen LogP contribution is 2.10. The lowest BCUT2D eigenvalue weighted by molar-refractivity contribution is 0.601. The van der Waals surface area contributed by atoms with Crippen LogP contribution in [-0.2, 0) is 22.9 Å². The highest BCUT2D eigenvalue weighted by molar-refractivity contribution is 7.90. The Morgan fingerprint density at radius 3 is 2.42 bits per heavy atom. The lowest BCUT2D eigenvalue weighted by Crippen LogP contribution is -2.13. The Morgan fingerprint density at radius 1 is 1.21 bits per heavy atom. The second-order valence-electron chi connectivity index (χ2n) is 4.49. The maximum absolute atomic E-state index is 11.3. The molecule has 1 aromatic carbocycles. The highest BCUT2D eigenvalue weighted by atomic mass is 32.2. The zero-order valence-corrected chi connectivity index (χ0v) is 11.8. The number of aromatic nitrogens is 2. The summed E-state index contributed by atoms with van der Waals surface area (Å²) in [6, 6.07) is 6.90. The molecular weight excluding hydrogens is 262 g/mol. The molecule has 19 heavy (non-hydrogen) atoms. The van der Waals surface area contributed by atoms with Crippen LogP contribution in [0.1, 0.15) is 17.0 Å². The van der Waals surface area contributed by atoms with Gasteiger partial charge in [-0.25, -0.2) is 13.4 Å². The normalized spacial score (nSPS) is 11.7. The first-order valence-corrected chi connectivity index (χ1v) is 7.84. The number of sulfone groups is 1. The number of aryl methyl sites for hydroxylation is 1. The fraction of sp³-hybridized carbons (Fsp3) is 0.308. The molecule has 2 N–H and O–H groups in total. The van der Waals surface area contributed by atoms with Crippen molar-refractivity contribution >= 4 is 9.84 Å². The molecule has 0 fully saturated rings. The van der Waals surface area contributed by atoms with E-state index in [1.165, 1.54) is 6.26 Å². The Kier molecular flexibility index (Phi) is 4.01. The van der Waals surface area contributed by atoms with E-state index in [2.05, 4.69) is 15.3 Å². The number of hydrogen-bond donors (Lipinski definition) is 2. The number of rotatable bonds is 5. The number of nitrogens with one attached hydrogen (secondary N) is 2. The average molecular weight is 279 g/mol. The minimum Gasteiger partial charge on any atom is -0.348 e. The zero-order chi connectivity index (χ0) is 13.9. The van der Waals surface area contributed by atoms with E-state index in [1.54, 1.807) is 18.5 Å². The summed E-state index contributed by atoms with van der Waals surface area (Å²) >= 11 is 0. The molecule has 0 atom stereocenters. The molecule has 0 unspecified atom stereocenters. The number of aromatic amines is 1. The topological polar surface area (TPSA) is 74.8 Å². The van der Waals surface area contributed by atoms with Crippen molar-refractivity contribution in [1.29, 1.82) is 0 Å². The van der Waals surface area contributed by atoms with Crippen LogP contribution < -0.4 is 5.32 Å². The molecule has 0 bridgehead atoms. The van der Waals surface area contributed by atoms with Crippen LogP contribution in [0.15, 0.2) is 35.5 Å². The van der Waals surface area contributed by atoms with Crippen LogP contribution in [0.2, 0.25) is 0 Å². The lowest BCUT2D eigenvalue weighted by atomic mass is 10.2. The largest absolute Gasteiger partial charge is 0.348 e. The van der Waals surface area contributed by atoms with Crippen molar-refractivity contribution in [2.45, 2.75) is 24.9 Å². The third-order valence-corrected chi connectivity index (χ3v) is 4.04. The van der Waals surface area contributed by atoms with Gasteiger partial charge in [0.25, 0.3) is 0 Å². The molecule has 2 rings (SSSR count). The number of hydrogen-bond acceptors (Lipinski definition) is 4. The minimum atomic E-state index is -3.12. The fourth-order valence-corrected chi connectivity index (χ4v) is 2.38. The van der Waals surface area contributed by atoms with E-state index in [9.17, 15) is 8.42 Å². The summed E-state index contributed by atoms with van der Waals surface area (Å²) in [6.45, 7) is 3.34. The third-order valence-electron chi connectivity index (χ3n) is 2.91. The van der Waals surface area contributed by atoms with Crippen molar-refractivity contribution in [3.63, 3.8) is 0 Å². The summed E-state index contributed by atoms with van der Waals surface area (Å²) in [5.74, 6) is 0. The van der Waals surface area contributed by atoms with Gasteiger partial charge in [-0.1, -0.05) is 12.1 Å². The van der Waals surface area contributed by atoms with Crippen molar-refractivity contribution in [1.82, 2.24) is 15.3 Å². The van der Waals surface area contributed by atoms with Gasteiger partial charge < -0.3 is 10.3 Å². The first-order chi connectivity index (χ1) is 8.97. The molecule has 1 aromatic heterocycles. The van der Waals surface area contributed by atoms with Crippen molar-refractivity contribution in [3.05, 3.63) is 47.5 Å². The van der Waals surface area contributed by atoms with Gasteiger partial charge >= 0.3 is 0 Å². The van der Waals surface area contributed by atoms with E-state index in [-0.39, 0.29) is 0 Å². The predicted molar refractivity (Wildman–Crippen MR) is 73.4 cm³/mol. The van der Waals surface area contributed by atoms with E-state index in [1.807, 2.05) is 19.1 Å². The average Bonchev–Trinajstić information content (AvgIpc) is 2.75. The molecule has 0 amide bonds. The summed E-state index contributed by atoms with van der Waals surface area (Å²) < 4.78 is 22.6. The van der Waals surface area contributed by atoms with Gasteiger partial charge in [0, 0.05) is 25.0 Å². The highest BCUT2D eigenvalue weighted by Gasteiger charge is 2.06. The van der Waals surface area contributed by atoms with E-state index in [0.717, 1.165) is 17.0 Å². The third kappa shape index (κ3) is 3.65. The number of nitrogens with zero attached hydrogens (tertiary/aromatic N) is 1. The van der Waals surface area contributed by atoms with Crippen molar-refractivity contribution in [2.24, 2.45) is 0 Å². The van der Waals surface area contributed by atoms with Gasteiger partial charge in [0.15, 0.2) is 9.84 Å². The molecule has 6 heteroatoms. The first kappa shape index (κ1) is 13.8. The quantitative estimate of drug-likeness (QED) is 0.868. The van der Waals surface area contributed by atoms with E-state index < -0.39 is 9.84 Å². The van der Waals surface area contributed by atoms with Crippen LogP contribution in [0.25, 0.3) is 0 Å². The van der Waals surface area contributed by atoms with Crippen molar-refractivity contribution < 1.29 is 8.42 Å². The zero-order valence-electron chi connectivity index (χ0n) is 11.0. The van der Waals surface area contributed by atoms with E-state index in [0.29, 0.717) is 18.0 Å². The van der Waals surface area contributed by atoms with Gasteiger partial charge in [-0.3, -0.25) is 0 Å². The molecule has 0 spiro atoms. The van der Waals surface area contributed by atoms with E-state index in [4.69, 9.17) is 0 Å². The molecule has 2 aromatic rings. The Morgan fingerprint density at radius 2 is 1.89 bits per heavy atom. The number of H-pyrrole nitrogens is 1. The Hall–Kier alpha value is -1.66. The second-order valence-corrected chi connectivity index (χ2v) is 6.51. The van der Waals surface area contributed by atoms with Gasteiger partial charge in [-0.15, -0.1) is 0 Å². The molecule has 0 aliphatic carbocycles. The second kappa shape index (κ2) is 5.54. The summed E-state index contributed by atoms with van der Waals surface area (Å²) in [4.78, 5) is 7.57. The van der Waals surface area contributed by atoms with Gasteiger partial charge in [0.2, 0.25) is 0 Å². The van der Waals surface area contributed by atoms with Gasteiger partial charge in [-0.05, 0) is 24.6 Å². The van der Waals surface area contributed by atoms with Gasteiger partial charge in [0.05, 0.1) is 16.9 Å². The Labute approximate surface area is 113 Å². The van der Waals surface area contributed by atoms with Crippen LogP contribution in [0.4, 0.5) is 0 Å². The molecule has 0 saturated carbocycles. The summed E-state index contributed by atoms with van der Waals surface area (Å²) in [5, 5.41) is 3.27. The monoisotopic (exact) mass is 279 g/mol. The van der Waals surface area contributed by atoms with Crippen molar-refractivity contribution in [2.75, 3.05) is 6.26 Å². The maximum atomic E-state index is 11.3. The maximum Gasteiger partial charge on any atom is 0.175 e. The smallest absolute Gasteiger partial charge is 0.175 e. The lowest BCUT2D eigenvalue weighted by Gasteiger charge is -2.05. The van der Waals surface area contributed by atoms with Crippen LogP contribution in [0.3, 0.4) is 0 Å². The Bertz CT molecular complexity index is 645. The standard InChI is InChI=1S/C13H17N3O2S/c1-10-13(16-9-15-10)8-14-7-11-3-5-12(6-4-11)19(2,17)18/h3-6,9,14H,7-8H2,1-2H3,(H,15,16). The SMILES string of the molecule is Cc1[nH]cnc1CNCc1ccc(S(C)(=O)=O)cc1. The molecule has 0 aliphatic rings. The van der Waals surface area contributed by atoms with E-state index >= 15 is 0 Å². The molecule has 102 valence electrons. The van der Waals surface area contributed by atoms with Crippen LogP contribution in [-0.4, -0.2) is 24.6 Å². The molecule has 0 aliphatic heterocycles. The predicted octanol–water partition coefficient (Wildman–Crippen LogP) is 1.41. The Balaban J connectivity index is 1.92. The van der Waals surface area contributed by atoms with Crippen LogP contribution in [0, 0.1) is 6.92 Å². The molecule has 1 heterocycles. The minimum absolute atomic E-state index is 0.347. The number of benzene rings is 1. The van der Waals surface area contributed by atoms with Gasteiger partial charge in [-0.2, -0.15) is 0 Å². The molecule has 0 radical (unpaired) electrons. The van der Waals surface area contributed by atoms with Crippen LogP contribution in [0.5, 0.6) is 0 Å². The van der Waals surface area contributed by atoms with Crippen LogP contribution >= 0.6 is 0 Å². The first-order valence-electron chi connectivity index (χ1n) is 5.95. The van der Waals surface area contributed by atoms with Crippen molar-refractivity contribution in [3.8, 4) is 0 Å². The fourth-order valence-electron chi connectivity index (χ4n) is 1.75. The summed E-state index contributed by atoms with van der Waals surface area (Å²) in [7, 11) is -3.12. The number of imidazole rings is 1. The summed E-state index contributed by atoms with van der Waals surface area (Å²) in [5.41, 5.74) is 3.09.